The maximum Gasteiger partial charge on any atom is 0.217 e. The fourth-order valence-corrected chi connectivity index (χ4v) is 3.13. The van der Waals surface area contributed by atoms with E-state index in [1.807, 2.05) is 30.3 Å². The van der Waals surface area contributed by atoms with E-state index in [9.17, 15) is 9.59 Å². The summed E-state index contributed by atoms with van der Waals surface area (Å²) < 4.78 is 0. The molecular formula is C15H16N2O3. The number of hydrogen-bond acceptors (Lipinski definition) is 4. The Labute approximate surface area is 117 Å². The topological polar surface area (TPSA) is 67.8 Å². The standard InChI is InChI=1S/C15H16N2O3/c1-9(19)16-12-7-11(8-18)15-13(12)14(17-20-15)10-5-3-2-4-6-10/h2-6,8,11-13,15H,7H2,1H3,(H,16,19)/t11-,12+,13+,15+/m1/s1. The van der Waals surface area contributed by atoms with Crippen molar-refractivity contribution < 1.29 is 14.4 Å². The van der Waals surface area contributed by atoms with Gasteiger partial charge in [0.05, 0.1) is 17.5 Å². The minimum absolute atomic E-state index is 0.0588. The maximum atomic E-state index is 11.3. The molecule has 20 heavy (non-hydrogen) atoms. The molecule has 0 radical (unpaired) electrons. The predicted molar refractivity (Wildman–Crippen MR) is 73.1 cm³/mol. The lowest BCUT2D eigenvalue weighted by Crippen LogP contribution is -2.40. The zero-order chi connectivity index (χ0) is 14.1. The quantitative estimate of drug-likeness (QED) is 0.839. The number of carbonyl (C=O) groups is 2. The third-order valence-electron chi connectivity index (χ3n) is 3.96. The first-order chi connectivity index (χ1) is 9.70. The fraction of sp³-hybridized carbons (Fsp3) is 0.400. The summed E-state index contributed by atoms with van der Waals surface area (Å²) in [7, 11) is 0. The number of amides is 1. The molecule has 5 nitrogen and oxygen atoms in total. The van der Waals surface area contributed by atoms with Crippen LogP contribution >= 0.6 is 0 Å². The number of rotatable bonds is 3. The van der Waals surface area contributed by atoms with Gasteiger partial charge in [0.2, 0.25) is 5.91 Å². The Kier molecular flexibility index (Phi) is 3.26. The normalized spacial score (nSPS) is 31.1. The Balaban J connectivity index is 1.91. The molecule has 1 fully saturated rings. The molecule has 0 aromatic heterocycles. The number of nitrogens with zero attached hydrogens (tertiary/aromatic N) is 1. The monoisotopic (exact) mass is 272 g/mol. The minimum atomic E-state index is -0.264. The van der Waals surface area contributed by atoms with E-state index in [2.05, 4.69) is 10.5 Å². The van der Waals surface area contributed by atoms with Crippen molar-refractivity contribution in [1.82, 2.24) is 5.32 Å². The lowest BCUT2D eigenvalue weighted by Gasteiger charge is -2.19. The van der Waals surface area contributed by atoms with Gasteiger partial charge in [-0.1, -0.05) is 35.5 Å². The average molecular weight is 272 g/mol. The number of fused-ring (bicyclic) bond motifs is 1. The molecule has 4 atom stereocenters. The first-order valence-electron chi connectivity index (χ1n) is 6.72. The summed E-state index contributed by atoms with van der Waals surface area (Å²) in [6.07, 6.45) is 1.24. The molecule has 0 unspecified atom stereocenters. The second-order valence-electron chi connectivity index (χ2n) is 5.28. The van der Waals surface area contributed by atoms with Gasteiger partial charge in [0.25, 0.3) is 0 Å². The zero-order valence-electron chi connectivity index (χ0n) is 11.2. The number of benzene rings is 1. The number of aldehydes is 1. The van der Waals surface area contributed by atoms with Crippen LogP contribution in [-0.4, -0.2) is 30.1 Å². The molecule has 104 valence electrons. The zero-order valence-corrected chi connectivity index (χ0v) is 11.2. The van der Waals surface area contributed by atoms with Gasteiger partial charge in [-0.05, 0) is 12.0 Å². The number of hydrogen-bond donors (Lipinski definition) is 1. The van der Waals surface area contributed by atoms with Gasteiger partial charge in [-0.25, -0.2) is 0 Å². The molecule has 1 aromatic carbocycles. The second kappa shape index (κ2) is 5.07. The van der Waals surface area contributed by atoms with Gasteiger partial charge in [0.15, 0.2) is 0 Å². The highest BCUT2D eigenvalue weighted by Crippen LogP contribution is 2.39. The third-order valence-corrected chi connectivity index (χ3v) is 3.96. The van der Waals surface area contributed by atoms with Crippen LogP contribution in [0.1, 0.15) is 18.9 Å². The van der Waals surface area contributed by atoms with Crippen LogP contribution in [0.5, 0.6) is 0 Å². The van der Waals surface area contributed by atoms with Crippen LogP contribution in [0.25, 0.3) is 0 Å². The Morgan fingerprint density at radius 1 is 1.40 bits per heavy atom. The van der Waals surface area contributed by atoms with Crippen molar-refractivity contribution in [2.24, 2.45) is 17.0 Å². The van der Waals surface area contributed by atoms with Crippen LogP contribution in [0.3, 0.4) is 0 Å². The summed E-state index contributed by atoms with van der Waals surface area (Å²) in [4.78, 5) is 28.0. The van der Waals surface area contributed by atoms with Crippen LogP contribution in [0.2, 0.25) is 0 Å². The Bertz CT molecular complexity index is 555. The summed E-state index contributed by atoms with van der Waals surface area (Å²) in [6, 6.07) is 9.63. The van der Waals surface area contributed by atoms with Gasteiger partial charge in [-0.15, -0.1) is 0 Å². The first-order valence-corrected chi connectivity index (χ1v) is 6.72. The fourth-order valence-electron chi connectivity index (χ4n) is 3.13. The van der Waals surface area contributed by atoms with Gasteiger partial charge in [-0.2, -0.15) is 0 Å². The van der Waals surface area contributed by atoms with Crippen LogP contribution in [0, 0.1) is 11.8 Å². The summed E-state index contributed by atoms with van der Waals surface area (Å²) in [5.41, 5.74) is 1.79. The molecule has 1 amide bonds. The molecule has 1 heterocycles. The Morgan fingerprint density at radius 2 is 2.15 bits per heavy atom. The lowest BCUT2D eigenvalue weighted by molar-refractivity contribution is -0.120. The third kappa shape index (κ3) is 2.09. The van der Waals surface area contributed by atoms with Crippen LogP contribution in [-0.2, 0) is 14.4 Å². The molecular weight excluding hydrogens is 256 g/mol. The molecule has 1 aliphatic heterocycles. The minimum Gasteiger partial charge on any atom is -0.391 e. The van der Waals surface area contributed by atoms with E-state index < -0.39 is 0 Å². The van der Waals surface area contributed by atoms with Crippen molar-refractivity contribution in [3.05, 3.63) is 35.9 Å². The molecule has 1 aliphatic carbocycles. The molecule has 1 saturated carbocycles. The predicted octanol–water partition coefficient (Wildman–Crippen LogP) is 1.13. The van der Waals surface area contributed by atoms with Gasteiger partial charge in [0, 0.05) is 13.0 Å². The molecule has 0 spiro atoms. The van der Waals surface area contributed by atoms with Crippen molar-refractivity contribution in [2.75, 3.05) is 0 Å². The molecule has 3 rings (SSSR count). The SMILES string of the molecule is CC(=O)N[C@H]1C[C@H](C=O)[C@@H]2ON=C(c3ccccc3)[C@@H]21. The van der Waals surface area contributed by atoms with Crippen molar-refractivity contribution in [2.45, 2.75) is 25.5 Å². The molecule has 0 saturated heterocycles. The van der Waals surface area contributed by atoms with E-state index in [1.54, 1.807) is 0 Å². The van der Waals surface area contributed by atoms with Crippen molar-refractivity contribution >= 4 is 17.9 Å². The van der Waals surface area contributed by atoms with Crippen LogP contribution < -0.4 is 5.32 Å². The van der Waals surface area contributed by atoms with E-state index in [-0.39, 0.29) is 29.9 Å². The highest BCUT2D eigenvalue weighted by Gasteiger charge is 2.51. The lowest BCUT2D eigenvalue weighted by atomic mass is 9.90. The van der Waals surface area contributed by atoms with Crippen LogP contribution in [0.4, 0.5) is 0 Å². The molecule has 2 aliphatic rings. The number of oxime groups is 1. The van der Waals surface area contributed by atoms with Crippen molar-refractivity contribution in [3.8, 4) is 0 Å². The highest BCUT2D eigenvalue weighted by molar-refractivity contribution is 6.04. The van der Waals surface area contributed by atoms with E-state index in [1.165, 1.54) is 6.92 Å². The average Bonchev–Trinajstić information content (AvgIpc) is 3.00. The van der Waals surface area contributed by atoms with Crippen molar-refractivity contribution in [3.63, 3.8) is 0 Å². The highest BCUT2D eigenvalue weighted by atomic mass is 16.6. The van der Waals surface area contributed by atoms with E-state index in [4.69, 9.17) is 4.84 Å². The molecule has 1 aromatic rings. The molecule has 5 heteroatoms. The first kappa shape index (κ1) is 12.8. The second-order valence-corrected chi connectivity index (χ2v) is 5.28. The Hall–Kier alpha value is -2.17. The molecule has 0 bridgehead atoms. The summed E-state index contributed by atoms with van der Waals surface area (Å²) in [5, 5.41) is 7.07. The summed E-state index contributed by atoms with van der Waals surface area (Å²) >= 11 is 0. The van der Waals surface area contributed by atoms with E-state index in [0.29, 0.717) is 6.42 Å². The maximum absolute atomic E-state index is 11.3. The Morgan fingerprint density at radius 3 is 2.80 bits per heavy atom. The largest absolute Gasteiger partial charge is 0.391 e. The van der Waals surface area contributed by atoms with Gasteiger partial charge < -0.3 is 14.9 Å². The van der Waals surface area contributed by atoms with E-state index in [0.717, 1.165) is 17.6 Å². The van der Waals surface area contributed by atoms with Gasteiger partial charge in [0.1, 0.15) is 12.4 Å². The molecule has 1 N–H and O–H groups in total. The summed E-state index contributed by atoms with van der Waals surface area (Å²) in [5.74, 6) is -0.377. The van der Waals surface area contributed by atoms with Crippen molar-refractivity contribution in [1.29, 1.82) is 0 Å². The smallest absolute Gasteiger partial charge is 0.217 e. The van der Waals surface area contributed by atoms with Gasteiger partial charge in [-0.3, -0.25) is 4.79 Å². The number of nitrogens with one attached hydrogen (secondary N) is 1. The number of carbonyl (C=O) groups excluding carboxylic acids is 2. The van der Waals surface area contributed by atoms with E-state index >= 15 is 0 Å². The van der Waals surface area contributed by atoms with Gasteiger partial charge >= 0.3 is 0 Å². The van der Waals surface area contributed by atoms with Crippen LogP contribution in [0.15, 0.2) is 35.5 Å². The summed E-state index contributed by atoms with van der Waals surface area (Å²) in [6.45, 7) is 1.48.